The molecule has 58 heavy (non-hydrogen) atoms. The van der Waals surface area contributed by atoms with Gasteiger partial charge in [-0.1, -0.05) is 197 Å². The third kappa shape index (κ3) is 40.4. The zero-order valence-corrected chi connectivity index (χ0v) is 37.4. The average molecular weight is 839 g/mol. The van der Waals surface area contributed by atoms with E-state index in [1.807, 2.05) is 18.2 Å². The molecule has 0 heterocycles. The van der Waals surface area contributed by atoms with Crippen LogP contribution in [0.25, 0.3) is 0 Å². The second kappa shape index (κ2) is 42.8. The number of ether oxygens (including phenoxy) is 2. The van der Waals surface area contributed by atoms with Crippen LogP contribution in [0, 0.1) is 0 Å². The Labute approximate surface area is 353 Å². The molecule has 0 amide bonds. The van der Waals surface area contributed by atoms with Gasteiger partial charge in [-0.15, -0.1) is 0 Å². The summed E-state index contributed by atoms with van der Waals surface area (Å²) in [5.74, 6) is -1.15. The normalized spacial score (nSPS) is 14.4. The van der Waals surface area contributed by atoms with E-state index in [0.29, 0.717) is 12.8 Å². The van der Waals surface area contributed by atoms with Crippen LogP contribution in [0.4, 0.5) is 0 Å². The van der Waals surface area contributed by atoms with Gasteiger partial charge >= 0.3 is 19.8 Å². The summed E-state index contributed by atoms with van der Waals surface area (Å²) < 4.78 is 32.5. The van der Waals surface area contributed by atoms with Gasteiger partial charge in [-0.05, 0) is 38.5 Å². The third-order valence-electron chi connectivity index (χ3n) is 9.53. The number of hydrogen-bond donors (Lipinski definition) is 3. The fraction of sp³-hybridized carbons (Fsp3) is 0.745. The maximum Gasteiger partial charge on any atom is 0.472 e. The van der Waals surface area contributed by atoms with Crippen LogP contribution >= 0.6 is 7.82 Å². The quantitative estimate of drug-likeness (QED) is 0.0235. The van der Waals surface area contributed by atoms with Gasteiger partial charge in [0.1, 0.15) is 12.2 Å². The van der Waals surface area contributed by atoms with E-state index in [2.05, 4.69) is 50.3 Å². The molecule has 0 saturated heterocycles. The highest BCUT2D eigenvalue weighted by molar-refractivity contribution is 7.47. The summed E-state index contributed by atoms with van der Waals surface area (Å²) in [6.07, 6.45) is 48.0. The number of phosphoric ester groups is 1. The van der Waals surface area contributed by atoms with Crippen LogP contribution in [0.1, 0.15) is 187 Å². The van der Waals surface area contributed by atoms with E-state index in [9.17, 15) is 29.3 Å². The highest BCUT2D eigenvalue weighted by Crippen LogP contribution is 2.43. The molecule has 0 rings (SSSR count). The first kappa shape index (κ1) is 55.7. The Hall–Kier alpha value is -2.33. The summed E-state index contributed by atoms with van der Waals surface area (Å²) in [5, 5.41) is 19.2. The molecule has 0 bridgehead atoms. The lowest BCUT2D eigenvalue weighted by Crippen LogP contribution is -2.28. The number of hydrogen-bond acceptors (Lipinski definition) is 9. The van der Waals surface area contributed by atoms with Crippen LogP contribution in [0.2, 0.25) is 0 Å². The van der Waals surface area contributed by atoms with E-state index in [4.69, 9.17) is 18.5 Å². The van der Waals surface area contributed by atoms with Crippen molar-refractivity contribution < 1.29 is 47.8 Å². The topological polar surface area (TPSA) is 149 Å². The second-order valence-corrected chi connectivity index (χ2v) is 16.5. The Balaban J connectivity index is 3.95. The van der Waals surface area contributed by atoms with Crippen molar-refractivity contribution in [3.05, 3.63) is 60.8 Å². The molecule has 3 unspecified atom stereocenters. The SMILES string of the molecule is CC/C=C\C/C=C\C/C=C\C/C=C\C/C=C\CC(=O)OC(CO)COP(=O)(O)OCC(CO)OC(=O)CCCCCCCCCCCCCCCCCCCCCC. The number of rotatable bonds is 42. The van der Waals surface area contributed by atoms with E-state index in [0.717, 1.165) is 44.9 Å². The van der Waals surface area contributed by atoms with Crippen molar-refractivity contribution in [2.75, 3.05) is 26.4 Å². The Morgan fingerprint density at radius 3 is 1.17 bits per heavy atom. The van der Waals surface area contributed by atoms with Crippen molar-refractivity contribution >= 4 is 19.8 Å². The Morgan fingerprint density at radius 2 is 0.810 bits per heavy atom. The van der Waals surface area contributed by atoms with Crippen molar-refractivity contribution in [1.29, 1.82) is 0 Å². The van der Waals surface area contributed by atoms with Crippen LogP contribution in [-0.4, -0.2) is 65.7 Å². The van der Waals surface area contributed by atoms with Gasteiger partial charge in [0.2, 0.25) is 0 Å². The number of carbonyl (C=O) groups is 2. The van der Waals surface area contributed by atoms with Crippen molar-refractivity contribution in [3.63, 3.8) is 0 Å². The van der Waals surface area contributed by atoms with Crippen LogP contribution in [0.3, 0.4) is 0 Å². The molecule has 0 aromatic rings. The van der Waals surface area contributed by atoms with Gasteiger partial charge in [0, 0.05) is 6.42 Å². The molecule has 0 aromatic heterocycles. The predicted octanol–water partition coefficient (Wildman–Crippen LogP) is 12.3. The van der Waals surface area contributed by atoms with Gasteiger partial charge in [-0.25, -0.2) is 4.57 Å². The van der Waals surface area contributed by atoms with Crippen LogP contribution in [0.5, 0.6) is 0 Å². The van der Waals surface area contributed by atoms with Gasteiger partial charge in [-0.3, -0.25) is 18.6 Å². The summed E-state index contributed by atoms with van der Waals surface area (Å²) in [4.78, 5) is 34.5. The van der Waals surface area contributed by atoms with Crippen molar-refractivity contribution in [3.8, 4) is 0 Å². The lowest BCUT2D eigenvalue weighted by Gasteiger charge is -2.20. The fourth-order valence-electron chi connectivity index (χ4n) is 6.07. The molecule has 0 saturated carbocycles. The number of phosphoric acid groups is 1. The summed E-state index contributed by atoms with van der Waals surface area (Å²) in [5.41, 5.74) is 0. The molecular formula is C47H83O10P. The van der Waals surface area contributed by atoms with Gasteiger partial charge in [0.05, 0.1) is 32.8 Å². The zero-order chi connectivity index (χ0) is 42.6. The summed E-state index contributed by atoms with van der Waals surface area (Å²) in [6, 6.07) is 0. The first-order valence-corrected chi connectivity index (χ1v) is 24.2. The molecule has 0 aliphatic heterocycles. The maximum absolute atomic E-state index is 12.4. The van der Waals surface area contributed by atoms with Crippen molar-refractivity contribution in [1.82, 2.24) is 0 Å². The highest BCUT2D eigenvalue weighted by Gasteiger charge is 2.27. The lowest BCUT2D eigenvalue weighted by atomic mass is 10.0. The monoisotopic (exact) mass is 839 g/mol. The maximum atomic E-state index is 12.4. The molecule has 0 aromatic carbocycles. The van der Waals surface area contributed by atoms with Crippen molar-refractivity contribution in [2.45, 2.75) is 199 Å². The molecular weight excluding hydrogens is 755 g/mol. The third-order valence-corrected chi connectivity index (χ3v) is 10.5. The van der Waals surface area contributed by atoms with Crippen LogP contribution in [-0.2, 0) is 32.7 Å². The molecule has 0 radical (unpaired) electrons. The molecule has 11 heteroatoms. The largest absolute Gasteiger partial charge is 0.472 e. The van der Waals surface area contributed by atoms with Crippen LogP contribution < -0.4 is 0 Å². The average Bonchev–Trinajstić information content (AvgIpc) is 3.21. The van der Waals surface area contributed by atoms with E-state index in [-0.39, 0.29) is 12.8 Å². The summed E-state index contributed by atoms with van der Waals surface area (Å²) in [7, 11) is -4.66. The number of carbonyl (C=O) groups excluding carboxylic acids is 2. The zero-order valence-electron chi connectivity index (χ0n) is 36.5. The first-order chi connectivity index (χ1) is 28.3. The molecule has 0 fully saturated rings. The molecule has 0 aliphatic carbocycles. The minimum absolute atomic E-state index is 0.0413. The molecule has 0 aliphatic rings. The number of esters is 2. The minimum Gasteiger partial charge on any atom is -0.457 e. The van der Waals surface area contributed by atoms with Gasteiger partial charge in [0.15, 0.2) is 0 Å². The predicted molar refractivity (Wildman–Crippen MR) is 237 cm³/mol. The summed E-state index contributed by atoms with van der Waals surface area (Å²) >= 11 is 0. The van der Waals surface area contributed by atoms with Gasteiger partial charge in [-0.2, -0.15) is 0 Å². The van der Waals surface area contributed by atoms with Gasteiger partial charge < -0.3 is 24.6 Å². The van der Waals surface area contributed by atoms with E-state index < -0.39 is 58.4 Å². The lowest BCUT2D eigenvalue weighted by molar-refractivity contribution is -0.153. The molecule has 10 nitrogen and oxygen atoms in total. The van der Waals surface area contributed by atoms with Crippen molar-refractivity contribution in [2.24, 2.45) is 0 Å². The van der Waals surface area contributed by atoms with E-state index in [1.54, 1.807) is 6.08 Å². The Bertz CT molecular complexity index is 1150. The van der Waals surface area contributed by atoms with E-state index >= 15 is 0 Å². The number of unbranched alkanes of at least 4 members (excludes halogenated alkanes) is 19. The molecule has 336 valence electrons. The first-order valence-electron chi connectivity index (χ1n) is 22.7. The fourth-order valence-corrected chi connectivity index (χ4v) is 6.86. The Kier molecular flexibility index (Phi) is 41.1. The van der Waals surface area contributed by atoms with E-state index in [1.165, 1.54) is 103 Å². The highest BCUT2D eigenvalue weighted by atomic mass is 31.2. The number of allylic oxidation sites excluding steroid dienone is 9. The molecule has 3 atom stereocenters. The number of aliphatic hydroxyl groups excluding tert-OH is 2. The van der Waals surface area contributed by atoms with Crippen LogP contribution in [0.15, 0.2) is 60.8 Å². The smallest absolute Gasteiger partial charge is 0.457 e. The standard InChI is InChI=1S/C47H83O10P/c1-3-5-7-9-11-13-15-17-19-20-21-22-23-25-27-29-31-33-35-37-39-47(51)57-45(41-49)43-55-58(52,53)54-42-44(40-48)56-46(50)38-36-34-32-30-28-26-24-18-16-14-12-10-8-6-4-2/h6,8,12,14,18,24,28,30,34,36,44-45,48-49H,3-5,7,9-11,13,15-17,19-23,25-27,29,31-33,35,37-43H2,1-2H3,(H,52,53)/b8-6-,14-12-,24-18-,30-28-,36-34-. The molecule has 0 spiro atoms. The van der Waals surface area contributed by atoms with Gasteiger partial charge in [0.25, 0.3) is 0 Å². The summed E-state index contributed by atoms with van der Waals surface area (Å²) in [6.45, 7) is 2.00. The minimum atomic E-state index is -4.66. The Morgan fingerprint density at radius 1 is 0.483 bits per heavy atom. The second-order valence-electron chi connectivity index (χ2n) is 15.0. The molecule has 3 N–H and O–H groups in total. The number of aliphatic hydroxyl groups is 2.